The fourth-order valence-corrected chi connectivity index (χ4v) is 7.09. The van der Waals surface area contributed by atoms with Gasteiger partial charge in [-0.3, -0.25) is 14.4 Å². The van der Waals surface area contributed by atoms with Crippen molar-refractivity contribution in [2.75, 3.05) is 13.2 Å². The molecule has 0 radical (unpaired) electrons. The van der Waals surface area contributed by atoms with Gasteiger partial charge in [-0.15, -0.1) is 0 Å². The number of carbonyl (C=O) groups is 3. The molecule has 0 spiro atoms. The monoisotopic (exact) mass is 1030 g/mol. The minimum Gasteiger partial charge on any atom is -0.462 e. The van der Waals surface area contributed by atoms with Crippen LogP contribution in [0, 0.1) is 0 Å². The van der Waals surface area contributed by atoms with Crippen LogP contribution in [0.4, 0.5) is 0 Å². The van der Waals surface area contributed by atoms with Crippen LogP contribution in [0.15, 0.2) is 182 Å². The molecular weight excluding hydrogens is 925 g/mol. The maximum Gasteiger partial charge on any atom is 0.306 e. The number of esters is 3. The average Bonchev–Trinajstić information content (AvgIpc) is 3.41. The van der Waals surface area contributed by atoms with Crippen molar-refractivity contribution in [2.45, 2.75) is 219 Å². The van der Waals surface area contributed by atoms with Gasteiger partial charge in [0.25, 0.3) is 0 Å². The summed E-state index contributed by atoms with van der Waals surface area (Å²) in [6.07, 6.45) is 92.3. The van der Waals surface area contributed by atoms with E-state index in [2.05, 4.69) is 203 Å². The van der Waals surface area contributed by atoms with Crippen LogP contribution < -0.4 is 0 Å². The number of carbonyl (C=O) groups excluding carboxylic acids is 3. The van der Waals surface area contributed by atoms with Crippen LogP contribution >= 0.6 is 0 Å². The first kappa shape index (κ1) is 69.5. The Morgan fingerprint density at radius 2 is 0.533 bits per heavy atom. The van der Waals surface area contributed by atoms with E-state index in [0.717, 1.165) is 167 Å². The molecule has 75 heavy (non-hydrogen) atoms. The molecule has 0 aliphatic rings. The zero-order chi connectivity index (χ0) is 54.3. The van der Waals surface area contributed by atoms with Gasteiger partial charge in [-0.05, 0) is 135 Å². The third-order valence-corrected chi connectivity index (χ3v) is 11.4. The van der Waals surface area contributed by atoms with Crippen molar-refractivity contribution >= 4 is 17.9 Å². The molecule has 416 valence electrons. The smallest absolute Gasteiger partial charge is 0.306 e. The van der Waals surface area contributed by atoms with Gasteiger partial charge in [0.1, 0.15) is 13.2 Å². The van der Waals surface area contributed by atoms with Gasteiger partial charge in [0.2, 0.25) is 0 Å². The third-order valence-electron chi connectivity index (χ3n) is 11.4. The molecule has 0 aliphatic heterocycles. The topological polar surface area (TPSA) is 78.9 Å². The minimum atomic E-state index is -0.824. The zero-order valence-electron chi connectivity index (χ0n) is 47.5. The maximum atomic E-state index is 12.7. The molecule has 0 rings (SSSR count). The summed E-state index contributed by atoms with van der Waals surface area (Å²) in [5.74, 6) is -1.03. The Kier molecular flexibility index (Phi) is 56.6. The van der Waals surface area contributed by atoms with Gasteiger partial charge >= 0.3 is 17.9 Å². The van der Waals surface area contributed by atoms with Gasteiger partial charge in [0.05, 0.1) is 0 Å². The lowest BCUT2D eigenvalue weighted by Gasteiger charge is -2.18. The average molecular weight is 1030 g/mol. The largest absolute Gasteiger partial charge is 0.462 e. The van der Waals surface area contributed by atoms with Crippen molar-refractivity contribution in [3.8, 4) is 0 Å². The molecule has 0 heterocycles. The quantitative estimate of drug-likeness (QED) is 0.0261. The number of hydrogen-bond donors (Lipinski definition) is 0. The van der Waals surface area contributed by atoms with E-state index < -0.39 is 6.10 Å². The van der Waals surface area contributed by atoms with Gasteiger partial charge in [-0.25, -0.2) is 0 Å². The molecule has 0 aliphatic carbocycles. The number of allylic oxidation sites excluding steroid dienone is 30. The summed E-state index contributed by atoms with van der Waals surface area (Å²) in [6.45, 7) is 6.22. The van der Waals surface area contributed by atoms with Crippen molar-refractivity contribution in [3.63, 3.8) is 0 Å². The number of ether oxygens (including phenoxy) is 3. The Morgan fingerprint density at radius 3 is 0.840 bits per heavy atom. The molecule has 0 bridgehead atoms. The third kappa shape index (κ3) is 59.3. The molecule has 0 fully saturated rings. The Labute approximate surface area is 459 Å². The Bertz CT molecular complexity index is 1800. The second kappa shape index (κ2) is 61.1. The van der Waals surface area contributed by atoms with E-state index in [4.69, 9.17) is 14.2 Å². The number of rotatable bonds is 50. The van der Waals surface area contributed by atoms with Crippen LogP contribution in [-0.2, 0) is 28.6 Å². The first-order valence-corrected chi connectivity index (χ1v) is 29.3. The number of unbranched alkanes of at least 4 members (excludes halogenated alkanes) is 9. The molecule has 1 atom stereocenters. The normalized spacial score (nSPS) is 13.5. The zero-order valence-corrected chi connectivity index (χ0v) is 47.5. The SMILES string of the molecule is CC/C=C\C/C=C\C/C=C\C/C=C\C/C=C\C/C=C\C/C=C\C/C=C\C/C=C\C/C=C\CCCCCCC(=O)OCC(COC(=O)CCCCCCC)OC(=O)CCC/C=C\C/C=C\C/C=C\C/C=C\C/C=C\CC. The summed E-state index contributed by atoms with van der Waals surface area (Å²) in [7, 11) is 0. The van der Waals surface area contributed by atoms with E-state index in [9.17, 15) is 14.4 Å². The van der Waals surface area contributed by atoms with Crippen LogP contribution in [0.5, 0.6) is 0 Å². The van der Waals surface area contributed by atoms with Crippen molar-refractivity contribution in [1.29, 1.82) is 0 Å². The fourth-order valence-electron chi connectivity index (χ4n) is 7.09. The minimum absolute atomic E-state index is 0.118. The van der Waals surface area contributed by atoms with Crippen LogP contribution in [0.2, 0.25) is 0 Å². The maximum absolute atomic E-state index is 12.7. The molecule has 0 N–H and O–H groups in total. The molecule has 6 heteroatoms. The summed E-state index contributed by atoms with van der Waals surface area (Å²) in [5, 5.41) is 0. The van der Waals surface area contributed by atoms with Gasteiger partial charge < -0.3 is 14.2 Å². The van der Waals surface area contributed by atoms with Gasteiger partial charge in [0, 0.05) is 19.3 Å². The molecule has 0 aromatic rings. The highest BCUT2D eigenvalue weighted by atomic mass is 16.6. The van der Waals surface area contributed by atoms with Crippen molar-refractivity contribution in [1.82, 2.24) is 0 Å². The molecule has 6 nitrogen and oxygen atoms in total. The molecule has 0 amide bonds. The molecule has 0 saturated heterocycles. The summed E-state index contributed by atoms with van der Waals surface area (Å²) in [5.41, 5.74) is 0. The Morgan fingerprint density at radius 1 is 0.280 bits per heavy atom. The lowest BCUT2D eigenvalue weighted by atomic mass is 10.1. The second-order valence-electron chi connectivity index (χ2n) is 18.4. The summed E-state index contributed by atoms with van der Waals surface area (Å²) in [6, 6.07) is 0. The van der Waals surface area contributed by atoms with E-state index in [0.29, 0.717) is 19.3 Å². The highest BCUT2D eigenvalue weighted by molar-refractivity contribution is 5.71. The predicted octanol–water partition coefficient (Wildman–Crippen LogP) is 20.1. The first-order valence-electron chi connectivity index (χ1n) is 29.3. The highest BCUT2D eigenvalue weighted by Gasteiger charge is 2.19. The molecular formula is C69H104O6. The van der Waals surface area contributed by atoms with E-state index in [-0.39, 0.29) is 37.5 Å². The van der Waals surface area contributed by atoms with E-state index in [1.807, 2.05) is 0 Å². The van der Waals surface area contributed by atoms with E-state index in [1.54, 1.807) is 0 Å². The van der Waals surface area contributed by atoms with E-state index in [1.165, 1.54) is 0 Å². The standard InChI is InChI=1S/C69H104O6/c1-4-7-10-13-15-17-19-21-23-25-26-27-28-29-30-31-32-33-34-35-36-37-38-39-40-41-42-44-45-47-49-51-53-56-59-62-68(71)74-65-66(64-73-67(70)61-58-55-12-9-6-3)75-69(72)63-60-57-54-52-50-48-46-43-24-22-20-18-16-14-11-8-5-2/h7-8,10-11,15-18,21-24,26-27,29-30,32-33,35-36,38-39,41-42,45-48,52,54,66H,4-6,9,12-14,19-20,25,28,31,34,37,40,43-44,49-51,53,55-65H2,1-3H3/b10-7-,11-8-,17-15-,18-16-,23-21-,24-22-,27-26-,30-29-,33-32-,36-35-,39-38-,42-41-,47-45-,48-46-,54-52-. The highest BCUT2D eigenvalue weighted by Crippen LogP contribution is 2.11. The van der Waals surface area contributed by atoms with Crippen molar-refractivity contribution < 1.29 is 28.6 Å². The summed E-state index contributed by atoms with van der Waals surface area (Å²) < 4.78 is 16.6. The Hall–Kier alpha value is -5.49. The summed E-state index contributed by atoms with van der Waals surface area (Å²) >= 11 is 0. The second-order valence-corrected chi connectivity index (χ2v) is 18.4. The molecule has 0 aromatic heterocycles. The lowest BCUT2D eigenvalue weighted by molar-refractivity contribution is -0.167. The van der Waals surface area contributed by atoms with Gasteiger partial charge in [-0.2, -0.15) is 0 Å². The number of hydrogen-bond acceptors (Lipinski definition) is 6. The lowest BCUT2D eigenvalue weighted by Crippen LogP contribution is -2.30. The van der Waals surface area contributed by atoms with Crippen LogP contribution in [0.1, 0.15) is 213 Å². The molecule has 0 aromatic carbocycles. The van der Waals surface area contributed by atoms with Gasteiger partial charge in [-0.1, -0.05) is 242 Å². The van der Waals surface area contributed by atoms with Crippen LogP contribution in [-0.4, -0.2) is 37.2 Å². The molecule has 0 saturated carbocycles. The van der Waals surface area contributed by atoms with Crippen LogP contribution in [0.3, 0.4) is 0 Å². The van der Waals surface area contributed by atoms with E-state index >= 15 is 0 Å². The Balaban J connectivity index is 4.22. The van der Waals surface area contributed by atoms with Crippen molar-refractivity contribution in [3.05, 3.63) is 182 Å². The fraction of sp³-hybridized carbons (Fsp3) is 0.522. The summed E-state index contributed by atoms with van der Waals surface area (Å²) in [4.78, 5) is 37.7. The first-order chi connectivity index (χ1) is 37.0. The van der Waals surface area contributed by atoms with Gasteiger partial charge in [0.15, 0.2) is 6.10 Å². The predicted molar refractivity (Wildman–Crippen MR) is 324 cm³/mol. The van der Waals surface area contributed by atoms with Crippen molar-refractivity contribution in [2.24, 2.45) is 0 Å². The van der Waals surface area contributed by atoms with Crippen LogP contribution in [0.25, 0.3) is 0 Å². The molecule has 1 unspecified atom stereocenters.